The van der Waals surface area contributed by atoms with Crippen molar-refractivity contribution in [3.8, 4) is 11.3 Å². The number of hydrogen-bond donors (Lipinski definition) is 1. The highest BCUT2D eigenvalue weighted by Gasteiger charge is 2.14. The average molecular weight is 245 g/mol. The second-order valence-corrected chi connectivity index (χ2v) is 4.16. The van der Waals surface area contributed by atoms with Crippen LogP contribution in [0.4, 0.5) is 5.82 Å². The number of carbonyl (C=O) groups excluding carboxylic acids is 1. The maximum Gasteiger partial charge on any atom is 0.225 e. The number of carbonyl (C=O) groups is 1. The highest BCUT2D eigenvalue weighted by molar-refractivity contribution is 5.92. The summed E-state index contributed by atoms with van der Waals surface area (Å²) in [5, 5.41) is 10.2. The molecule has 0 bridgehead atoms. The Morgan fingerprint density at radius 1 is 1.28 bits per heavy atom. The smallest absolute Gasteiger partial charge is 0.225 e. The quantitative estimate of drug-likeness (QED) is 0.902. The van der Waals surface area contributed by atoms with Gasteiger partial charge in [0.05, 0.1) is 0 Å². The van der Waals surface area contributed by atoms with Crippen LogP contribution in [0.15, 0.2) is 22.8 Å². The van der Waals surface area contributed by atoms with Gasteiger partial charge < -0.3 is 5.32 Å². The molecular weight excluding hydrogens is 230 g/mol. The summed E-state index contributed by atoms with van der Waals surface area (Å²) in [6, 6.07) is 5.94. The summed E-state index contributed by atoms with van der Waals surface area (Å²) in [5.41, 5.74) is 3.79. The second kappa shape index (κ2) is 5.00. The number of nitrogens with zero attached hydrogens (tertiary/aromatic N) is 2. The van der Waals surface area contributed by atoms with E-state index in [1.807, 2.05) is 32.0 Å². The first-order valence-corrected chi connectivity index (χ1v) is 5.82. The van der Waals surface area contributed by atoms with Crippen LogP contribution in [0.3, 0.4) is 0 Å². The number of benzene rings is 1. The van der Waals surface area contributed by atoms with Crippen molar-refractivity contribution in [1.82, 2.24) is 10.3 Å². The Hall–Kier alpha value is -2.17. The van der Waals surface area contributed by atoms with Gasteiger partial charge in [0.1, 0.15) is 0 Å². The zero-order valence-corrected chi connectivity index (χ0v) is 10.7. The van der Waals surface area contributed by atoms with Crippen LogP contribution >= 0.6 is 0 Å². The van der Waals surface area contributed by atoms with E-state index in [0.29, 0.717) is 17.9 Å². The summed E-state index contributed by atoms with van der Waals surface area (Å²) in [4.78, 5) is 11.4. The van der Waals surface area contributed by atoms with Gasteiger partial charge in [0, 0.05) is 12.0 Å². The molecule has 2 rings (SSSR count). The third-order valence-corrected chi connectivity index (χ3v) is 2.85. The molecular formula is C13H15N3O2. The lowest BCUT2D eigenvalue weighted by atomic mass is 10.0. The van der Waals surface area contributed by atoms with Gasteiger partial charge in [-0.2, -0.15) is 0 Å². The largest absolute Gasteiger partial charge is 0.306 e. The van der Waals surface area contributed by atoms with E-state index in [2.05, 4.69) is 15.6 Å². The molecule has 0 aliphatic heterocycles. The zero-order valence-electron chi connectivity index (χ0n) is 10.7. The van der Waals surface area contributed by atoms with E-state index in [4.69, 9.17) is 4.63 Å². The number of aryl methyl sites for hydroxylation is 2. The Bertz CT molecular complexity index is 575. The maximum absolute atomic E-state index is 11.4. The van der Waals surface area contributed by atoms with Crippen molar-refractivity contribution in [2.45, 2.75) is 27.2 Å². The first-order valence-electron chi connectivity index (χ1n) is 5.82. The van der Waals surface area contributed by atoms with Gasteiger partial charge in [-0.3, -0.25) is 4.79 Å². The molecule has 1 amide bonds. The Morgan fingerprint density at radius 3 is 2.72 bits per heavy atom. The summed E-state index contributed by atoms with van der Waals surface area (Å²) >= 11 is 0. The molecule has 0 saturated carbocycles. The first-order chi connectivity index (χ1) is 8.61. The number of hydrogen-bond acceptors (Lipinski definition) is 4. The molecule has 94 valence electrons. The standard InChI is InChI=1S/C13H15N3O2/c1-4-11(17)14-13-12(15-18-16-13)10-6-5-8(2)9(3)7-10/h5-7H,4H2,1-3H3,(H,14,16,17). The van der Waals surface area contributed by atoms with Crippen molar-refractivity contribution < 1.29 is 9.42 Å². The van der Waals surface area contributed by atoms with Crippen LogP contribution in [-0.2, 0) is 4.79 Å². The fourth-order valence-corrected chi connectivity index (χ4v) is 1.57. The molecule has 0 spiro atoms. The van der Waals surface area contributed by atoms with Crippen LogP contribution in [0.1, 0.15) is 24.5 Å². The molecule has 0 fully saturated rings. The lowest BCUT2D eigenvalue weighted by molar-refractivity contribution is -0.115. The topological polar surface area (TPSA) is 68.0 Å². The van der Waals surface area contributed by atoms with Crippen LogP contribution in [-0.4, -0.2) is 16.2 Å². The van der Waals surface area contributed by atoms with E-state index in [9.17, 15) is 4.79 Å². The normalized spacial score (nSPS) is 10.4. The zero-order chi connectivity index (χ0) is 13.1. The van der Waals surface area contributed by atoms with Gasteiger partial charge in [-0.05, 0) is 41.4 Å². The van der Waals surface area contributed by atoms with Crippen molar-refractivity contribution in [2.24, 2.45) is 0 Å². The highest BCUT2D eigenvalue weighted by Crippen LogP contribution is 2.26. The minimum atomic E-state index is -0.115. The van der Waals surface area contributed by atoms with Crippen LogP contribution < -0.4 is 5.32 Å². The van der Waals surface area contributed by atoms with Crippen molar-refractivity contribution in [1.29, 1.82) is 0 Å². The predicted molar refractivity (Wildman–Crippen MR) is 68.1 cm³/mol. The van der Waals surface area contributed by atoms with Gasteiger partial charge in [0.25, 0.3) is 0 Å². The van der Waals surface area contributed by atoms with E-state index in [1.54, 1.807) is 6.92 Å². The summed E-state index contributed by atoms with van der Waals surface area (Å²) in [6.07, 6.45) is 0.388. The molecule has 18 heavy (non-hydrogen) atoms. The van der Waals surface area contributed by atoms with Gasteiger partial charge in [-0.25, -0.2) is 4.63 Å². The second-order valence-electron chi connectivity index (χ2n) is 4.16. The number of amides is 1. The molecule has 1 aromatic carbocycles. The third kappa shape index (κ3) is 2.40. The van der Waals surface area contributed by atoms with Gasteiger partial charge in [0.15, 0.2) is 5.69 Å². The molecule has 0 atom stereocenters. The molecule has 0 unspecified atom stereocenters. The molecule has 0 saturated heterocycles. The molecule has 5 nitrogen and oxygen atoms in total. The van der Waals surface area contributed by atoms with E-state index in [0.717, 1.165) is 11.1 Å². The van der Waals surface area contributed by atoms with Gasteiger partial charge in [-0.1, -0.05) is 19.1 Å². The van der Waals surface area contributed by atoms with Crippen LogP contribution in [0.5, 0.6) is 0 Å². The van der Waals surface area contributed by atoms with E-state index in [-0.39, 0.29) is 5.91 Å². The fraction of sp³-hybridized carbons (Fsp3) is 0.308. The Labute approximate surface area is 105 Å². The Kier molecular flexibility index (Phi) is 3.41. The van der Waals surface area contributed by atoms with Crippen molar-refractivity contribution in [3.63, 3.8) is 0 Å². The van der Waals surface area contributed by atoms with Gasteiger partial charge in [-0.15, -0.1) is 0 Å². The lowest BCUT2D eigenvalue weighted by Gasteiger charge is -2.04. The van der Waals surface area contributed by atoms with Crippen LogP contribution in [0, 0.1) is 13.8 Å². The Morgan fingerprint density at radius 2 is 2.06 bits per heavy atom. The highest BCUT2D eigenvalue weighted by atomic mass is 16.6. The molecule has 1 N–H and O–H groups in total. The van der Waals surface area contributed by atoms with Gasteiger partial charge >= 0.3 is 0 Å². The fourth-order valence-electron chi connectivity index (χ4n) is 1.57. The first kappa shape index (κ1) is 12.3. The predicted octanol–water partition coefficient (Wildman–Crippen LogP) is 2.70. The maximum atomic E-state index is 11.4. The molecule has 1 aromatic heterocycles. The molecule has 2 aromatic rings. The monoisotopic (exact) mass is 245 g/mol. The van der Waals surface area contributed by atoms with Crippen LogP contribution in [0.2, 0.25) is 0 Å². The summed E-state index contributed by atoms with van der Waals surface area (Å²) < 4.78 is 4.70. The molecule has 0 radical (unpaired) electrons. The minimum Gasteiger partial charge on any atom is -0.306 e. The van der Waals surface area contributed by atoms with E-state index < -0.39 is 0 Å². The number of rotatable bonds is 3. The Balaban J connectivity index is 2.36. The summed E-state index contributed by atoms with van der Waals surface area (Å²) in [7, 11) is 0. The van der Waals surface area contributed by atoms with E-state index >= 15 is 0 Å². The summed E-state index contributed by atoms with van der Waals surface area (Å²) in [6.45, 7) is 5.84. The molecule has 5 heteroatoms. The number of nitrogens with one attached hydrogen (secondary N) is 1. The minimum absolute atomic E-state index is 0.115. The SMILES string of the molecule is CCC(=O)Nc1nonc1-c1ccc(C)c(C)c1. The summed E-state index contributed by atoms with van der Waals surface area (Å²) in [5.74, 6) is 0.251. The van der Waals surface area contributed by atoms with Gasteiger partial charge in [0.2, 0.25) is 11.7 Å². The number of anilines is 1. The molecule has 1 heterocycles. The third-order valence-electron chi connectivity index (χ3n) is 2.85. The lowest BCUT2D eigenvalue weighted by Crippen LogP contribution is -2.10. The number of aromatic nitrogens is 2. The average Bonchev–Trinajstić information content (AvgIpc) is 2.80. The van der Waals surface area contributed by atoms with Crippen molar-refractivity contribution in [3.05, 3.63) is 29.3 Å². The van der Waals surface area contributed by atoms with Crippen molar-refractivity contribution in [2.75, 3.05) is 5.32 Å². The van der Waals surface area contributed by atoms with E-state index in [1.165, 1.54) is 5.56 Å². The molecule has 0 aliphatic rings. The molecule has 0 aliphatic carbocycles. The van der Waals surface area contributed by atoms with Crippen molar-refractivity contribution >= 4 is 11.7 Å². The van der Waals surface area contributed by atoms with Crippen LogP contribution in [0.25, 0.3) is 11.3 Å².